The van der Waals surface area contributed by atoms with Gasteiger partial charge in [0.1, 0.15) is 0 Å². The fraction of sp³-hybridized carbons (Fsp3) is 0.643. The van der Waals surface area contributed by atoms with Gasteiger partial charge in [-0.2, -0.15) is 0 Å². The lowest BCUT2D eigenvalue weighted by molar-refractivity contribution is 0.299. The zero-order valence-corrected chi connectivity index (χ0v) is 10.9. The van der Waals surface area contributed by atoms with E-state index in [1.165, 1.54) is 5.69 Å². The van der Waals surface area contributed by atoms with Crippen LogP contribution in [0.5, 0.6) is 0 Å². The molecule has 1 rings (SSSR count). The van der Waals surface area contributed by atoms with Crippen LogP contribution in [0.2, 0.25) is 0 Å². The van der Waals surface area contributed by atoms with Crippen LogP contribution in [0.15, 0.2) is 24.4 Å². The highest BCUT2D eigenvalue weighted by Gasteiger charge is 2.19. The molecule has 0 saturated heterocycles. The summed E-state index contributed by atoms with van der Waals surface area (Å²) >= 11 is 0. The van der Waals surface area contributed by atoms with Crippen LogP contribution in [0.1, 0.15) is 33.4 Å². The molecule has 2 nitrogen and oxygen atoms in total. The largest absolute Gasteiger partial charge is 0.314 e. The summed E-state index contributed by atoms with van der Waals surface area (Å²) in [6, 6.07) is 6.67. The molecule has 0 aromatic carbocycles. The molecule has 16 heavy (non-hydrogen) atoms. The minimum atomic E-state index is 0.528. The average molecular weight is 220 g/mol. The minimum Gasteiger partial charge on any atom is -0.314 e. The number of rotatable bonds is 6. The number of hydrogen-bond donors (Lipinski definition) is 1. The normalized spacial score (nSPS) is 15.1. The molecular weight excluding hydrogens is 196 g/mol. The molecule has 1 aromatic rings. The Bertz CT molecular complexity index is 282. The van der Waals surface area contributed by atoms with Gasteiger partial charge in [-0.05, 0) is 30.5 Å². The summed E-state index contributed by atoms with van der Waals surface area (Å²) in [6.07, 6.45) is 2.90. The van der Waals surface area contributed by atoms with E-state index in [9.17, 15) is 0 Å². The predicted molar refractivity (Wildman–Crippen MR) is 69.4 cm³/mol. The number of aromatic nitrogens is 1. The summed E-state index contributed by atoms with van der Waals surface area (Å²) in [6.45, 7) is 10.1. The minimum absolute atomic E-state index is 0.528. The average Bonchev–Trinajstić information content (AvgIpc) is 2.29. The van der Waals surface area contributed by atoms with Crippen LogP contribution in [-0.2, 0) is 6.42 Å². The molecule has 0 saturated carbocycles. The van der Waals surface area contributed by atoms with E-state index >= 15 is 0 Å². The molecular formula is C14H24N2. The van der Waals surface area contributed by atoms with Crippen molar-refractivity contribution >= 4 is 0 Å². The Morgan fingerprint density at radius 1 is 1.25 bits per heavy atom. The summed E-state index contributed by atoms with van der Waals surface area (Å²) in [5, 5.41) is 3.57. The third-order valence-corrected chi connectivity index (χ3v) is 3.31. The highest BCUT2D eigenvalue weighted by Crippen LogP contribution is 2.17. The van der Waals surface area contributed by atoms with Gasteiger partial charge in [-0.25, -0.2) is 0 Å². The van der Waals surface area contributed by atoms with E-state index < -0.39 is 0 Å². The van der Waals surface area contributed by atoms with Gasteiger partial charge in [0, 0.05) is 24.4 Å². The van der Waals surface area contributed by atoms with Crippen molar-refractivity contribution in [2.45, 2.75) is 40.2 Å². The standard InChI is InChI=1S/C14H24N2/c1-5-15-14(12(4)11(2)3)10-13-8-6-7-9-16-13/h6-9,11-12,14-15H,5,10H2,1-4H3. The van der Waals surface area contributed by atoms with Crippen molar-refractivity contribution in [3.8, 4) is 0 Å². The van der Waals surface area contributed by atoms with Crippen LogP contribution in [0.25, 0.3) is 0 Å². The number of pyridine rings is 1. The fourth-order valence-corrected chi connectivity index (χ4v) is 1.91. The van der Waals surface area contributed by atoms with Gasteiger partial charge in [-0.15, -0.1) is 0 Å². The quantitative estimate of drug-likeness (QED) is 0.797. The molecule has 0 aliphatic rings. The molecule has 0 spiro atoms. The summed E-state index contributed by atoms with van der Waals surface area (Å²) in [7, 11) is 0. The molecule has 0 bridgehead atoms. The van der Waals surface area contributed by atoms with Crippen LogP contribution < -0.4 is 5.32 Å². The molecule has 0 aliphatic carbocycles. The lowest BCUT2D eigenvalue weighted by Crippen LogP contribution is -2.39. The van der Waals surface area contributed by atoms with E-state index in [1.54, 1.807) is 0 Å². The maximum Gasteiger partial charge on any atom is 0.0419 e. The van der Waals surface area contributed by atoms with Crippen molar-refractivity contribution in [1.82, 2.24) is 10.3 Å². The Hall–Kier alpha value is -0.890. The second-order valence-electron chi connectivity index (χ2n) is 4.79. The molecule has 1 heterocycles. The predicted octanol–water partition coefficient (Wildman–Crippen LogP) is 2.89. The molecule has 1 aromatic heterocycles. The maximum absolute atomic E-state index is 4.40. The molecule has 2 heteroatoms. The molecule has 90 valence electrons. The highest BCUT2D eigenvalue weighted by atomic mass is 14.9. The van der Waals surface area contributed by atoms with Crippen LogP contribution in [-0.4, -0.2) is 17.6 Å². The molecule has 0 fully saturated rings. The Morgan fingerprint density at radius 2 is 2.00 bits per heavy atom. The van der Waals surface area contributed by atoms with Gasteiger partial charge in [-0.1, -0.05) is 33.8 Å². The van der Waals surface area contributed by atoms with Gasteiger partial charge in [0.2, 0.25) is 0 Å². The smallest absolute Gasteiger partial charge is 0.0419 e. The van der Waals surface area contributed by atoms with Crippen molar-refractivity contribution < 1.29 is 0 Å². The summed E-state index contributed by atoms with van der Waals surface area (Å²) < 4.78 is 0. The highest BCUT2D eigenvalue weighted by molar-refractivity contribution is 5.05. The van der Waals surface area contributed by atoms with Crippen molar-refractivity contribution in [3.63, 3.8) is 0 Å². The molecule has 0 amide bonds. The monoisotopic (exact) mass is 220 g/mol. The number of nitrogens with zero attached hydrogens (tertiary/aromatic N) is 1. The van der Waals surface area contributed by atoms with Gasteiger partial charge >= 0.3 is 0 Å². The Morgan fingerprint density at radius 3 is 2.50 bits per heavy atom. The first-order chi connectivity index (χ1) is 7.65. The van der Waals surface area contributed by atoms with Gasteiger partial charge < -0.3 is 5.32 Å². The second-order valence-corrected chi connectivity index (χ2v) is 4.79. The number of hydrogen-bond acceptors (Lipinski definition) is 2. The fourth-order valence-electron chi connectivity index (χ4n) is 1.91. The SMILES string of the molecule is CCNC(Cc1ccccn1)C(C)C(C)C. The summed E-state index contributed by atoms with van der Waals surface area (Å²) in [4.78, 5) is 4.40. The second kappa shape index (κ2) is 6.64. The first-order valence-electron chi connectivity index (χ1n) is 6.28. The zero-order valence-electron chi connectivity index (χ0n) is 10.9. The summed E-state index contributed by atoms with van der Waals surface area (Å²) in [5.74, 6) is 1.37. The maximum atomic E-state index is 4.40. The lowest BCUT2D eigenvalue weighted by atomic mass is 9.87. The van der Waals surface area contributed by atoms with E-state index in [2.05, 4.69) is 50.1 Å². The van der Waals surface area contributed by atoms with E-state index in [0.717, 1.165) is 13.0 Å². The van der Waals surface area contributed by atoms with Crippen molar-refractivity contribution in [2.24, 2.45) is 11.8 Å². The van der Waals surface area contributed by atoms with Gasteiger partial charge in [-0.3, -0.25) is 4.98 Å². The Kier molecular flexibility index (Phi) is 5.47. The van der Waals surface area contributed by atoms with Crippen LogP contribution in [0.3, 0.4) is 0 Å². The molecule has 1 N–H and O–H groups in total. The van der Waals surface area contributed by atoms with E-state index in [-0.39, 0.29) is 0 Å². The van der Waals surface area contributed by atoms with E-state index in [4.69, 9.17) is 0 Å². The third-order valence-electron chi connectivity index (χ3n) is 3.31. The first-order valence-corrected chi connectivity index (χ1v) is 6.28. The Labute approximate surface area is 99.5 Å². The number of nitrogens with one attached hydrogen (secondary N) is 1. The van der Waals surface area contributed by atoms with Crippen LogP contribution in [0.4, 0.5) is 0 Å². The van der Waals surface area contributed by atoms with Crippen molar-refractivity contribution in [2.75, 3.05) is 6.54 Å². The number of likely N-dealkylation sites (N-methyl/N-ethyl adjacent to an activating group) is 1. The zero-order chi connectivity index (χ0) is 12.0. The van der Waals surface area contributed by atoms with E-state index in [0.29, 0.717) is 17.9 Å². The lowest BCUT2D eigenvalue weighted by Gasteiger charge is -2.27. The van der Waals surface area contributed by atoms with Gasteiger partial charge in [0.25, 0.3) is 0 Å². The van der Waals surface area contributed by atoms with Crippen LogP contribution in [0, 0.1) is 11.8 Å². The van der Waals surface area contributed by atoms with Crippen molar-refractivity contribution in [1.29, 1.82) is 0 Å². The van der Waals surface area contributed by atoms with E-state index in [1.807, 2.05) is 12.3 Å². The molecule has 2 atom stereocenters. The topological polar surface area (TPSA) is 24.9 Å². The molecule has 2 unspecified atom stereocenters. The third kappa shape index (κ3) is 3.93. The van der Waals surface area contributed by atoms with Gasteiger partial charge in [0.15, 0.2) is 0 Å². The van der Waals surface area contributed by atoms with Crippen LogP contribution >= 0.6 is 0 Å². The van der Waals surface area contributed by atoms with Gasteiger partial charge in [0.05, 0.1) is 0 Å². The van der Waals surface area contributed by atoms with Crippen molar-refractivity contribution in [3.05, 3.63) is 30.1 Å². The Balaban J connectivity index is 2.64. The molecule has 0 radical (unpaired) electrons. The molecule has 0 aliphatic heterocycles. The summed E-state index contributed by atoms with van der Waals surface area (Å²) in [5.41, 5.74) is 1.18. The first kappa shape index (κ1) is 13.2.